The molecule has 4 aromatic rings. The van der Waals surface area contributed by atoms with Gasteiger partial charge in [-0.2, -0.15) is 0 Å². The molecule has 0 spiro atoms. The molecule has 0 aliphatic carbocycles. The first kappa shape index (κ1) is 33.4. The second kappa shape index (κ2) is 14.9. The highest BCUT2D eigenvalue weighted by Gasteiger charge is 2.25. The molecule has 226 valence electrons. The highest BCUT2D eigenvalue weighted by Crippen LogP contribution is 2.33. The summed E-state index contributed by atoms with van der Waals surface area (Å²) in [5, 5.41) is 16.3. The van der Waals surface area contributed by atoms with Crippen LogP contribution in [0.15, 0.2) is 61.1 Å². The molecule has 0 bridgehead atoms. The largest absolute Gasteiger partial charge is 0.456 e. The Kier molecular flexibility index (Phi) is 11.8. The Balaban J connectivity index is 0.00000242. The van der Waals surface area contributed by atoms with E-state index >= 15 is 0 Å². The smallest absolute Gasteiger partial charge is 0.251 e. The number of nitrogens with zero attached hydrogens (tertiary/aromatic N) is 4. The Labute approximate surface area is 263 Å². The van der Waals surface area contributed by atoms with E-state index in [1.807, 2.05) is 22.9 Å². The van der Waals surface area contributed by atoms with Crippen LogP contribution in [0.2, 0.25) is 5.02 Å². The van der Waals surface area contributed by atoms with Crippen molar-refractivity contribution in [1.82, 2.24) is 24.8 Å². The van der Waals surface area contributed by atoms with E-state index in [0.29, 0.717) is 34.4 Å². The molecule has 1 fully saturated rings. The van der Waals surface area contributed by atoms with Crippen LogP contribution in [0, 0.1) is 0 Å². The van der Waals surface area contributed by atoms with E-state index in [1.165, 1.54) is 25.6 Å². The number of benzene rings is 2. The molecular weight excluding hydrogens is 599 g/mol. The van der Waals surface area contributed by atoms with Crippen LogP contribution in [-0.4, -0.2) is 62.2 Å². The number of amides is 1. The van der Waals surface area contributed by atoms with E-state index in [4.69, 9.17) is 16.3 Å². The van der Waals surface area contributed by atoms with Crippen LogP contribution in [0.5, 0.6) is 11.5 Å². The zero-order valence-corrected chi connectivity index (χ0v) is 26.1. The van der Waals surface area contributed by atoms with Gasteiger partial charge >= 0.3 is 0 Å². The number of carbonyl (C=O) groups is 1. The highest BCUT2D eigenvalue weighted by atomic mass is 35.5. The summed E-state index contributed by atoms with van der Waals surface area (Å²) in [6, 6.07) is 14.3. The van der Waals surface area contributed by atoms with Crippen LogP contribution in [0.1, 0.15) is 43.5 Å². The first-order valence-corrected chi connectivity index (χ1v) is 14.0. The fourth-order valence-electron chi connectivity index (χ4n) is 5.14. The van der Waals surface area contributed by atoms with Crippen LogP contribution in [0.3, 0.4) is 0 Å². The van der Waals surface area contributed by atoms with Crippen molar-refractivity contribution < 1.29 is 14.6 Å². The number of fused-ring (bicyclic) bond motifs is 1. The number of likely N-dealkylation sites (tertiary alicyclic amines) is 1. The van der Waals surface area contributed by atoms with Crippen molar-refractivity contribution in [2.45, 2.75) is 45.2 Å². The maximum atomic E-state index is 13.1. The predicted octanol–water partition coefficient (Wildman–Crippen LogP) is 6.45. The van der Waals surface area contributed by atoms with Gasteiger partial charge in [0.15, 0.2) is 5.82 Å². The molecule has 42 heavy (non-hydrogen) atoms. The van der Waals surface area contributed by atoms with Crippen LogP contribution in [-0.2, 0) is 6.54 Å². The molecule has 1 saturated heterocycles. The molecule has 9 nitrogen and oxygen atoms in total. The molecule has 2 aromatic heterocycles. The molecule has 0 radical (unpaired) electrons. The van der Waals surface area contributed by atoms with Gasteiger partial charge in [0.2, 0.25) is 0 Å². The number of aliphatic hydroxyl groups excluding tert-OH is 1. The minimum atomic E-state index is -0.355. The van der Waals surface area contributed by atoms with Gasteiger partial charge in [0, 0.05) is 36.1 Å². The third kappa shape index (κ3) is 8.26. The Morgan fingerprint density at radius 2 is 1.86 bits per heavy atom. The lowest BCUT2D eigenvalue weighted by molar-refractivity contribution is 0.0877. The summed E-state index contributed by atoms with van der Waals surface area (Å²) in [4.78, 5) is 24.2. The van der Waals surface area contributed by atoms with Crippen molar-refractivity contribution in [3.63, 3.8) is 0 Å². The van der Waals surface area contributed by atoms with Gasteiger partial charge in [0.1, 0.15) is 23.3 Å². The van der Waals surface area contributed by atoms with E-state index in [-0.39, 0.29) is 42.9 Å². The number of rotatable bonds is 10. The molecule has 1 aliphatic rings. The van der Waals surface area contributed by atoms with E-state index in [2.05, 4.69) is 39.3 Å². The molecule has 1 aliphatic heterocycles. The van der Waals surface area contributed by atoms with Gasteiger partial charge in [-0.15, -0.1) is 24.8 Å². The van der Waals surface area contributed by atoms with Gasteiger partial charge in [0.05, 0.1) is 17.1 Å². The molecule has 0 atom stereocenters. The first-order chi connectivity index (χ1) is 19.3. The number of aliphatic hydroxyl groups is 1. The maximum absolute atomic E-state index is 13.1. The summed E-state index contributed by atoms with van der Waals surface area (Å²) in [7, 11) is 0. The number of ether oxygens (including phenoxy) is 1. The average molecular weight is 636 g/mol. The lowest BCUT2D eigenvalue weighted by Crippen LogP contribution is -2.52. The van der Waals surface area contributed by atoms with Gasteiger partial charge in [0.25, 0.3) is 5.91 Å². The average Bonchev–Trinajstić information content (AvgIpc) is 3.34. The summed E-state index contributed by atoms with van der Waals surface area (Å²) in [6.07, 6.45) is 7.07. The number of hydrogen-bond acceptors (Lipinski definition) is 7. The SMILES string of the molecule is CC(C)(CN1CCCCC1)NC(=O)c1cccc(Oc2ccc(Nc3ncnc4ccn(CCO)c34)cc2Cl)c1.Cl.Cl. The van der Waals surface area contributed by atoms with Crippen molar-refractivity contribution in [1.29, 1.82) is 0 Å². The zero-order valence-electron chi connectivity index (χ0n) is 23.7. The number of piperidine rings is 1. The maximum Gasteiger partial charge on any atom is 0.251 e. The molecule has 0 saturated carbocycles. The molecule has 12 heteroatoms. The molecule has 2 aromatic carbocycles. The van der Waals surface area contributed by atoms with Gasteiger partial charge in [-0.25, -0.2) is 9.97 Å². The number of anilines is 2. The second-order valence-electron chi connectivity index (χ2n) is 10.8. The molecule has 3 heterocycles. The van der Waals surface area contributed by atoms with Crippen LogP contribution in [0.4, 0.5) is 11.5 Å². The summed E-state index contributed by atoms with van der Waals surface area (Å²) in [5.74, 6) is 1.45. The number of halogens is 3. The summed E-state index contributed by atoms with van der Waals surface area (Å²) >= 11 is 6.59. The number of carbonyl (C=O) groups excluding carboxylic acids is 1. The molecule has 0 unspecified atom stereocenters. The fourth-order valence-corrected chi connectivity index (χ4v) is 5.36. The molecule has 5 rings (SSSR count). The van der Waals surface area contributed by atoms with Crippen LogP contribution >= 0.6 is 36.4 Å². The predicted molar refractivity (Wildman–Crippen MR) is 172 cm³/mol. The van der Waals surface area contributed by atoms with Crippen LogP contribution in [0.25, 0.3) is 11.0 Å². The van der Waals surface area contributed by atoms with Crippen molar-refractivity contribution in [2.24, 2.45) is 0 Å². The Hall–Kier alpha value is -3.08. The minimum Gasteiger partial charge on any atom is -0.456 e. The zero-order chi connectivity index (χ0) is 28.1. The van der Waals surface area contributed by atoms with Gasteiger partial charge in [-0.05, 0) is 82.2 Å². The van der Waals surface area contributed by atoms with E-state index in [0.717, 1.165) is 36.4 Å². The van der Waals surface area contributed by atoms with Gasteiger partial charge in [-0.1, -0.05) is 24.1 Å². The molecule has 3 N–H and O–H groups in total. The number of hydrogen-bond donors (Lipinski definition) is 3. The van der Waals surface area contributed by atoms with Crippen molar-refractivity contribution in [3.8, 4) is 11.5 Å². The Bertz CT molecular complexity index is 1490. The summed E-state index contributed by atoms with van der Waals surface area (Å²) in [6.45, 7) is 7.55. The lowest BCUT2D eigenvalue weighted by Gasteiger charge is -2.35. The third-order valence-electron chi connectivity index (χ3n) is 6.93. The summed E-state index contributed by atoms with van der Waals surface area (Å²) < 4.78 is 7.96. The Morgan fingerprint density at radius 3 is 2.60 bits per heavy atom. The highest BCUT2D eigenvalue weighted by molar-refractivity contribution is 6.32. The number of aromatic nitrogens is 3. The van der Waals surface area contributed by atoms with E-state index in [9.17, 15) is 9.90 Å². The third-order valence-corrected chi connectivity index (χ3v) is 7.22. The first-order valence-electron chi connectivity index (χ1n) is 13.6. The minimum absolute atomic E-state index is 0. The van der Waals surface area contributed by atoms with E-state index in [1.54, 1.807) is 36.4 Å². The quantitative estimate of drug-likeness (QED) is 0.184. The molecule has 1 amide bonds. The van der Waals surface area contributed by atoms with Crippen molar-refractivity contribution in [2.75, 3.05) is 31.6 Å². The van der Waals surface area contributed by atoms with Crippen molar-refractivity contribution >= 4 is 64.9 Å². The Morgan fingerprint density at radius 1 is 1.07 bits per heavy atom. The normalized spacial score (nSPS) is 13.6. The topological polar surface area (TPSA) is 105 Å². The summed E-state index contributed by atoms with van der Waals surface area (Å²) in [5.41, 5.74) is 2.46. The number of nitrogens with one attached hydrogen (secondary N) is 2. The fraction of sp³-hybridized carbons (Fsp3) is 0.367. The van der Waals surface area contributed by atoms with Gasteiger partial charge in [-0.3, -0.25) is 4.79 Å². The molecular formula is C30H37Cl3N6O3. The van der Waals surface area contributed by atoms with Crippen LogP contribution < -0.4 is 15.4 Å². The van der Waals surface area contributed by atoms with Crippen molar-refractivity contribution in [3.05, 3.63) is 71.6 Å². The monoisotopic (exact) mass is 634 g/mol. The second-order valence-corrected chi connectivity index (χ2v) is 11.2. The standard InChI is InChI=1S/C30H35ClN6O3.2ClH/c1-30(2,19-36-12-4-3-5-13-36)35-29(39)21-7-6-8-23(17-21)40-26-10-9-22(18-24(26)31)34-28-27-25(32-20-33-28)11-14-37(27)15-16-38;;/h6-11,14,17-18,20,38H,3-5,12-13,15-16,19H2,1-2H3,(H,35,39)(H,32,33,34);2*1H. The van der Waals surface area contributed by atoms with E-state index < -0.39 is 0 Å². The lowest BCUT2D eigenvalue weighted by atomic mass is 10.0. The van der Waals surface area contributed by atoms with Gasteiger partial charge < -0.3 is 29.9 Å².